The molecule has 96 valence electrons. The Bertz CT molecular complexity index is 543. The van der Waals surface area contributed by atoms with Gasteiger partial charge in [-0.1, -0.05) is 6.07 Å². The predicted octanol–water partition coefficient (Wildman–Crippen LogP) is 3.92. The van der Waals surface area contributed by atoms with E-state index in [-0.39, 0.29) is 12.0 Å². The zero-order valence-electron chi connectivity index (χ0n) is 10.2. The van der Waals surface area contributed by atoms with E-state index < -0.39 is 17.7 Å². The highest BCUT2D eigenvalue weighted by atomic mass is 32.1. The van der Waals surface area contributed by atoms with E-state index in [4.69, 9.17) is 0 Å². The molecule has 0 saturated heterocycles. The first-order valence-corrected chi connectivity index (χ1v) is 6.48. The summed E-state index contributed by atoms with van der Waals surface area (Å²) in [5, 5.41) is 10.1. The molecule has 1 aromatic carbocycles. The maximum absolute atomic E-state index is 13.5. The summed E-state index contributed by atoms with van der Waals surface area (Å²) in [4.78, 5) is 2.06. The highest BCUT2D eigenvalue weighted by Crippen LogP contribution is 2.29. The third-order valence-electron chi connectivity index (χ3n) is 2.90. The Morgan fingerprint density at radius 1 is 1.22 bits per heavy atom. The lowest BCUT2D eigenvalue weighted by molar-refractivity contribution is 0.175. The summed E-state index contributed by atoms with van der Waals surface area (Å²) < 4.78 is 27.0. The minimum atomic E-state index is -0.874. The standard InChI is InChI=1S/C14H14F2OS/c1-8-6-10(9(2)18-8)14(17)7-11-12(15)4-3-5-13(11)16/h3-6,14,17H,7H2,1-2H3. The first-order chi connectivity index (χ1) is 8.49. The Labute approximate surface area is 109 Å². The van der Waals surface area contributed by atoms with E-state index >= 15 is 0 Å². The summed E-state index contributed by atoms with van der Waals surface area (Å²) in [5.74, 6) is -1.22. The number of hydrogen-bond donors (Lipinski definition) is 1. The van der Waals surface area contributed by atoms with Gasteiger partial charge in [0, 0.05) is 21.7 Å². The van der Waals surface area contributed by atoms with Crippen molar-refractivity contribution in [1.29, 1.82) is 0 Å². The van der Waals surface area contributed by atoms with Crippen molar-refractivity contribution in [1.82, 2.24) is 0 Å². The molecule has 1 heterocycles. The van der Waals surface area contributed by atoms with Gasteiger partial charge < -0.3 is 5.11 Å². The van der Waals surface area contributed by atoms with Crippen LogP contribution in [-0.4, -0.2) is 5.11 Å². The fraction of sp³-hybridized carbons (Fsp3) is 0.286. The van der Waals surface area contributed by atoms with Gasteiger partial charge in [-0.3, -0.25) is 0 Å². The van der Waals surface area contributed by atoms with E-state index in [1.54, 1.807) is 11.3 Å². The molecule has 18 heavy (non-hydrogen) atoms. The Kier molecular flexibility index (Phi) is 3.78. The van der Waals surface area contributed by atoms with Crippen molar-refractivity contribution in [3.8, 4) is 0 Å². The van der Waals surface area contributed by atoms with Gasteiger partial charge in [0.05, 0.1) is 6.10 Å². The molecule has 2 rings (SSSR count). The van der Waals surface area contributed by atoms with Crippen LogP contribution in [0.3, 0.4) is 0 Å². The summed E-state index contributed by atoms with van der Waals surface area (Å²) in [7, 11) is 0. The summed E-state index contributed by atoms with van der Waals surface area (Å²) in [6.45, 7) is 3.84. The van der Waals surface area contributed by atoms with Gasteiger partial charge in [0.25, 0.3) is 0 Å². The van der Waals surface area contributed by atoms with Crippen molar-refractivity contribution in [2.75, 3.05) is 0 Å². The van der Waals surface area contributed by atoms with Gasteiger partial charge in [0.2, 0.25) is 0 Å². The normalized spacial score (nSPS) is 12.7. The topological polar surface area (TPSA) is 20.2 Å². The van der Waals surface area contributed by atoms with E-state index in [9.17, 15) is 13.9 Å². The Hall–Kier alpha value is -1.26. The lowest BCUT2D eigenvalue weighted by Gasteiger charge is -2.11. The Morgan fingerprint density at radius 3 is 2.33 bits per heavy atom. The van der Waals surface area contributed by atoms with E-state index in [0.29, 0.717) is 0 Å². The average molecular weight is 268 g/mol. The lowest BCUT2D eigenvalue weighted by atomic mass is 10.0. The van der Waals surface area contributed by atoms with Gasteiger partial charge in [0.1, 0.15) is 11.6 Å². The molecule has 0 fully saturated rings. The molecular formula is C14H14F2OS. The second-order valence-corrected chi connectivity index (χ2v) is 5.75. The van der Waals surface area contributed by atoms with Crippen LogP contribution >= 0.6 is 11.3 Å². The van der Waals surface area contributed by atoms with Crippen molar-refractivity contribution in [3.05, 3.63) is 56.8 Å². The molecule has 1 N–H and O–H groups in total. The first-order valence-electron chi connectivity index (χ1n) is 5.67. The molecule has 0 aliphatic rings. The maximum atomic E-state index is 13.5. The molecule has 2 aromatic rings. The van der Waals surface area contributed by atoms with Gasteiger partial charge in [-0.05, 0) is 37.6 Å². The molecule has 1 unspecified atom stereocenters. The molecule has 0 spiro atoms. The smallest absolute Gasteiger partial charge is 0.129 e. The maximum Gasteiger partial charge on any atom is 0.129 e. The average Bonchev–Trinajstić information content (AvgIpc) is 2.63. The molecule has 0 aliphatic heterocycles. The second-order valence-electron chi connectivity index (χ2n) is 4.29. The van der Waals surface area contributed by atoms with Crippen LogP contribution in [0.5, 0.6) is 0 Å². The number of hydrogen-bond acceptors (Lipinski definition) is 2. The second kappa shape index (κ2) is 5.16. The molecule has 0 saturated carbocycles. The van der Waals surface area contributed by atoms with Crippen molar-refractivity contribution in [2.24, 2.45) is 0 Å². The zero-order chi connectivity index (χ0) is 13.3. The monoisotopic (exact) mass is 268 g/mol. The zero-order valence-corrected chi connectivity index (χ0v) is 11.0. The lowest BCUT2D eigenvalue weighted by Crippen LogP contribution is -2.05. The number of thiophene rings is 1. The summed E-state index contributed by atoms with van der Waals surface area (Å²) in [6.07, 6.45) is -0.920. The first kappa shape index (κ1) is 13.2. The van der Waals surface area contributed by atoms with Crippen LogP contribution in [0.25, 0.3) is 0 Å². The minimum absolute atomic E-state index is 0.0461. The third kappa shape index (κ3) is 2.60. The fourth-order valence-corrected chi connectivity index (χ4v) is 2.99. The van der Waals surface area contributed by atoms with E-state index in [1.165, 1.54) is 18.2 Å². The van der Waals surface area contributed by atoms with E-state index in [0.717, 1.165) is 15.3 Å². The minimum Gasteiger partial charge on any atom is -0.388 e. The predicted molar refractivity (Wildman–Crippen MR) is 68.8 cm³/mol. The third-order valence-corrected chi connectivity index (χ3v) is 3.88. The van der Waals surface area contributed by atoms with Crippen LogP contribution in [0.1, 0.15) is 27.0 Å². The van der Waals surface area contributed by atoms with Gasteiger partial charge in [-0.25, -0.2) is 8.78 Å². The number of rotatable bonds is 3. The molecule has 0 aliphatic carbocycles. The Morgan fingerprint density at radius 2 is 1.83 bits per heavy atom. The van der Waals surface area contributed by atoms with Crippen molar-refractivity contribution >= 4 is 11.3 Å². The molecule has 0 radical (unpaired) electrons. The van der Waals surface area contributed by atoms with E-state index in [2.05, 4.69) is 0 Å². The number of benzene rings is 1. The van der Waals surface area contributed by atoms with Gasteiger partial charge in [-0.2, -0.15) is 0 Å². The molecule has 0 amide bonds. The summed E-state index contributed by atoms with van der Waals surface area (Å²) in [6, 6.07) is 5.59. The van der Waals surface area contributed by atoms with Gasteiger partial charge in [0.15, 0.2) is 0 Å². The van der Waals surface area contributed by atoms with Crippen LogP contribution in [0.4, 0.5) is 8.78 Å². The van der Waals surface area contributed by atoms with Crippen molar-refractivity contribution < 1.29 is 13.9 Å². The fourth-order valence-electron chi connectivity index (χ4n) is 2.01. The largest absolute Gasteiger partial charge is 0.388 e. The van der Waals surface area contributed by atoms with Crippen molar-refractivity contribution in [2.45, 2.75) is 26.4 Å². The van der Waals surface area contributed by atoms with Crippen LogP contribution in [0, 0.1) is 25.5 Å². The molecular weight excluding hydrogens is 254 g/mol. The van der Waals surface area contributed by atoms with Gasteiger partial charge in [-0.15, -0.1) is 11.3 Å². The van der Waals surface area contributed by atoms with Crippen molar-refractivity contribution in [3.63, 3.8) is 0 Å². The summed E-state index contributed by atoms with van der Waals surface area (Å²) >= 11 is 1.57. The molecule has 1 aromatic heterocycles. The molecule has 0 bridgehead atoms. The van der Waals surface area contributed by atoms with Crippen LogP contribution in [0.15, 0.2) is 24.3 Å². The highest BCUT2D eigenvalue weighted by molar-refractivity contribution is 7.12. The number of halogens is 2. The molecule has 4 heteroatoms. The SMILES string of the molecule is Cc1cc(C(O)Cc2c(F)cccc2F)c(C)s1. The van der Waals surface area contributed by atoms with Crippen LogP contribution in [-0.2, 0) is 6.42 Å². The number of aliphatic hydroxyl groups excluding tert-OH is 1. The van der Waals surface area contributed by atoms with E-state index in [1.807, 2.05) is 19.9 Å². The Balaban J connectivity index is 2.26. The van der Waals surface area contributed by atoms with Crippen LogP contribution < -0.4 is 0 Å². The van der Waals surface area contributed by atoms with Crippen LogP contribution in [0.2, 0.25) is 0 Å². The van der Waals surface area contributed by atoms with Gasteiger partial charge >= 0.3 is 0 Å². The summed E-state index contributed by atoms with van der Waals surface area (Å²) in [5.41, 5.74) is 0.688. The molecule has 1 nitrogen and oxygen atoms in total. The highest BCUT2D eigenvalue weighted by Gasteiger charge is 2.18. The number of aryl methyl sites for hydroxylation is 2. The number of aliphatic hydroxyl groups is 1. The molecule has 1 atom stereocenters. The quantitative estimate of drug-likeness (QED) is 0.894.